The van der Waals surface area contributed by atoms with E-state index in [9.17, 15) is 0 Å². The summed E-state index contributed by atoms with van der Waals surface area (Å²) >= 11 is 0. The average molecular weight is 885 g/mol. The lowest BCUT2D eigenvalue weighted by molar-refractivity contribution is 1.61. The molecule has 0 aromatic heterocycles. The predicted octanol–water partition coefficient (Wildman–Crippen LogP) is 19.8. The van der Waals surface area contributed by atoms with E-state index in [1.165, 1.54) is 142 Å². The summed E-state index contributed by atoms with van der Waals surface area (Å²) in [4.78, 5) is 0. The molecule has 0 spiro atoms. The lowest BCUT2D eigenvalue weighted by Gasteiger charge is -2.22. The topological polar surface area (TPSA) is 0 Å². The van der Waals surface area contributed by atoms with Crippen LogP contribution < -0.4 is 0 Å². The van der Waals surface area contributed by atoms with E-state index < -0.39 is 0 Å². The summed E-state index contributed by atoms with van der Waals surface area (Å²) in [7, 11) is 0. The van der Waals surface area contributed by atoms with Crippen LogP contribution in [-0.2, 0) is 0 Å². The fourth-order valence-electron chi connectivity index (χ4n) is 11.8. The largest absolute Gasteiger partial charge is 0.0616 e. The Hall–Kier alpha value is -9.10. The lowest BCUT2D eigenvalue weighted by atomic mass is 9.81. The van der Waals surface area contributed by atoms with Crippen LogP contribution in [0.15, 0.2) is 267 Å². The summed E-state index contributed by atoms with van der Waals surface area (Å²) in [5, 5.41) is 17.3. The minimum absolute atomic E-state index is 1.20. The monoisotopic (exact) mass is 884 g/mol. The average Bonchev–Trinajstić information content (AvgIpc) is 3.43. The van der Waals surface area contributed by atoms with E-state index in [2.05, 4.69) is 267 Å². The second kappa shape index (κ2) is 16.3. The molecule has 0 unspecified atom stereocenters. The van der Waals surface area contributed by atoms with Gasteiger partial charge in [-0.2, -0.15) is 0 Å². The van der Waals surface area contributed by atoms with E-state index in [0.29, 0.717) is 0 Å². The molecule has 0 nitrogen and oxygen atoms in total. The lowest BCUT2D eigenvalue weighted by Crippen LogP contribution is -1.95. The molecule has 14 rings (SSSR count). The van der Waals surface area contributed by atoms with Crippen molar-refractivity contribution < 1.29 is 0 Å². The van der Waals surface area contributed by atoms with Gasteiger partial charge in [-0.15, -0.1) is 0 Å². The number of rotatable bonds is 6. The Bertz CT molecular complexity index is 4160. The Morgan fingerprint density at radius 1 is 0.157 bits per heavy atom. The number of hydrogen-bond donors (Lipinski definition) is 0. The minimum Gasteiger partial charge on any atom is -0.0616 e. The molecule has 0 saturated carbocycles. The highest BCUT2D eigenvalue weighted by atomic mass is 14.3. The zero-order valence-corrected chi connectivity index (χ0v) is 38.4. The van der Waals surface area contributed by atoms with Gasteiger partial charge >= 0.3 is 0 Å². The van der Waals surface area contributed by atoms with Crippen LogP contribution in [0.5, 0.6) is 0 Å². The molecule has 14 aromatic carbocycles. The molecule has 0 N–H and O–H groups in total. The molecule has 0 aliphatic rings. The molecule has 0 heteroatoms. The Morgan fingerprint density at radius 3 is 0.900 bits per heavy atom. The highest BCUT2D eigenvalue weighted by Crippen LogP contribution is 2.50. The number of benzene rings is 14. The highest BCUT2D eigenvalue weighted by molar-refractivity contribution is 6.26. The van der Waals surface area contributed by atoms with Crippen LogP contribution >= 0.6 is 0 Å². The van der Waals surface area contributed by atoms with Crippen LogP contribution in [0.25, 0.3) is 142 Å². The molecule has 0 aliphatic carbocycles. The Morgan fingerprint density at radius 2 is 0.443 bits per heavy atom. The molecule has 0 radical (unpaired) electrons. The van der Waals surface area contributed by atoms with Gasteiger partial charge in [0.2, 0.25) is 0 Å². The van der Waals surface area contributed by atoms with Crippen molar-refractivity contribution in [1.82, 2.24) is 0 Å². The SMILES string of the molecule is c1ccc2c(-c3cc(-c4cccc5ccccc45)cc(-c4c5ccccc5c(-c5ccc(-c6cccc7ccccc67)c6c(-c7cccc8ccccc78)cccc56)c5ccccc45)c3)cccc2c1. The predicted molar refractivity (Wildman–Crippen MR) is 302 cm³/mol. The van der Waals surface area contributed by atoms with Crippen LogP contribution in [-0.4, -0.2) is 0 Å². The number of fused-ring (bicyclic) bond motifs is 7. The van der Waals surface area contributed by atoms with Crippen LogP contribution in [0.2, 0.25) is 0 Å². The van der Waals surface area contributed by atoms with E-state index in [-0.39, 0.29) is 0 Å². The van der Waals surface area contributed by atoms with E-state index in [1.807, 2.05) is 0 Å². The molecule has 0 saturated heterocycles. The van der Waals surface area contributed by atoms with E-state index >= 15 is 0 Å². The molecule has 0 heterocycles. The molecule has 0 fully saturated rings. The maximum Gasteiger partial charge on any atom is -0.00201 e. The molecule has 0 bridgehead atoms. The number of hydrogen-bond acceptors (Lipinski definition) is 0. The zero-order chi connectivity index (χ0) is 46.1. The molecule has 0 atom stereocenters. The molecular weight excluding hydrogens is 841 g/mol. The van der Waals surface area contributed by atoms with Gasteiger partial charge in [0.15, 0.2) is 0 Å². The van der Waals surface area contributed by atoms with E-state index in [1.54, 1.807) is 0 Å². The maximum atomic E-state index is 2.44. The van der Waals surface area contributed by atoms with Crippen molar-refractivity contribution in [3.05, 3.63) is 267 Å². The quantitative estimate of drug-likeness (QED) is 0.146. The van der Waals surface area contributed by atoms with Gasteiger partial charge in [0.25, 0.3) is 0 Å². The van der Waals surface area contributed by atoms with Crippen LogP contribution in [0.3, 0.4) is 0 Å². The normalized spacial score (nSPS) is 11.7. The molecule has 0 aliphatic heterocycles. The first kappa shape index (κ1) is 40.0. The van der Waals surface area contributed by atoms with Gasteiger partial charge < -0.3 is 0 Å². The Balaban J connectivity index is 1.08. The molecule has 70 heavy (non-hydrogen) atoms. The fraction of sp³-hybridized carbons (Fsp3) is 0. The summed E-state index contributed by atoms with van der Waals surface area (Å²) in [6, 6.07) is 99.3. The van der Waals surface area contributed by atoms with Gasteiger partial charge in [0.1, 0.15) is 0 Å². The van der Waals surface area contributed by atoms with Crippen molar-refractivity contribution in [3.8, 4) is 66.8 Å². The van der Waals surface area contributed by atoms with Crippen molar-refractivity contribution in [2.75, 3.05) is 0 Å². The molecule has 0 amide bonds. The summed E-state index contributed by atoms with van der Waals surface area (Å²) in [5.41, 5.74) is 14.7. The van der Waals surface area contributed by atoms with Crippen molar-refractivity contribution in [2.45, 2.75) is 0 Å². The second-order valence-electron chi connectivity index (χ2n) is 18.6. The third kappa shape index (κ3) is 6.38. The van der Waals surface area contributed by atoms with Gasteiger partial charge in [-0.25, -0.2) is 0 Å². The first-order valence-corrected chi connectivity index (χ1v) is 24.3. The van der Waals surface area contributed by atoms with Gasteiger partial charge in [0, 0.05) is 0 Å². The standard InChI is InChI=1S/C70H44/c1-5-26-52-45(18-1)22-13-34-56(52)49-42-50(57-35-14-23-46-19-2-6-27-53(46)57)44-51(43-49)68-61-30-9-11-32-63(61)70(64-33-12-10-31-62(64)68)67-41-40-66(59-37-16-25-48-21-4-8-29-55(48)59)69-60(38-17-39-65(67)69)58-36-15-24-47-20-3-7-28-54(47)58/h1-44H. The van der Waals surface area contributed by atoms with Gasteiger partial charge in [-0.3, -0.25) is 0 Å². The molecule has 324 valence electrons. The molecular formula is C70H44. The van der Waals surface area contributed by atoms with Crippen molar-refractivity contribution in [2.24, 2.45) is 0 Å². The van der Waals surface area contributed by atoms with E-state index in [4.69, 9.17) is 0 Å². The van der Waals surface area contributed by atoms with Crippen molar-refractivity contribution in [1.29, 1.82) is 0 Å². The van der Waals surface area contributed by atoms with Crippen molar-refractivity contribution in [3.63, 3.8) is 0 Å². The van der Waals surface area contributed by atoms with Gasteiger partial charge in [0.05, 0.1) is 0 Å². The van der Waals surface area contributed by atoms with Crippen molar-refractivity contribution >= 4 is 75.4 Å². The summed E-state index contributed by atoms with van der Waals surface area (Å²) in [6.07, 6.45) is 0. The van der Waals surface area contributed by atoms with Gasteiger partial charge in [-0.1, -0.05) is 249 Å². The summed E-state index contributed by atoms with van der Waals surface area (Å²) in [5.74, 6) is 0. The second-order valence-corrected chi connectivity index (χ2v) is 18.6. The summed E-state index contributed by atoms with van der Waals surface area (Å²) in [6.45, 7) is 0. The Kier molecular flexibility index (Phi) is 9.32. The minimum atomic E-state index is 1.20. The maximum absolute atomic E-state index is 2.44. The highest BCUT2D eigenvalue weighted by Gasteiger charge is 2.23. The zero-order valence-electron chi connectivity index (χ0n) is 38.4. The van der Waals surface area contributed by atoms with Crippen LogP contribution in [0.4, 0.5) is 0 Å². The first-order chi connectivity index (χ1) is 34.7. The fourth-order valence-corrected chi connectivity index (χ4v) is 11.8. The third-order valence-electron chi connectivity index (χ3n) is 14.8. The van der Waals surface area contributed by atoms with Crippen LogP contribution in [0.1, 0.15) is 0 Å². The Labute approximate surface area is 407 Å². The third-order valence-corrected chi connectivity index (χ3v) is 14.8. The van der Waals surface area contributed by atoms with Crippen LogP contribution in [0, 0.1) is 0 Å². The van der Waals surface area contributed by atoms with E-state index in [0.717, 1.165) is 0 Å². The smallest absolute Gasteiger partial charge is 0.00201 e. The van der Waals surface area contributed by atoms with Gasteiger partial charge in [-0.05, 0) is 160 Å². The first-order valence-electron chi connectivity index (χ1n) is 24.3. The molecule has 14 aromatic rings. The summed E-state index contributed by atoms with van der Waals surface area (Å²) < 4.78 is 0.